The van der Waals surface area contributed by atoms with Crippen molar-refractivity contribution in [2.75, 3.05) is 53.4 Å². The number of para-hydroxylation sites is 1. The first-order chi connectivity index (χ1) is 25.0. The van der Waals surface area contributed by atoms with E-state index in [2.05, 4.69) is 50.2 Å². The molecule has 10 atom stereocenters. The molecule has 0 aromatic heterocycles. The third kappa shape index (κ3) is 8.39. The Labute approximate surface area is 317 Å². The van der Waals surface area contributed by atoms with Gasteiger partial charge in [0.25, 0.3) is 5.91 Å². The van der Waals surface area contributed by atoms with Crippen molar-refractivity contribution < 1.29 is 29.4 Å². The summed E-state index contributed by atoms with van der Waals surface area (Å²) in [5, 5.41) is 29.6. The molecule has 11 heteroatoms. The Morgan fingerprint density at radius 1 is 1.11 bits per heavy atom. The highest BCUT2D eigenvalue weighted by atomic mass is 16.7. The number of hydrogen-bond acceptors (Lipinski definition) is 9. The summed E-state index contributed by atoms with van der Waals surface area (Å²) in [4.78, 5) is 38.5. The molecule has 2 aromatic carbocycles. The third-order valence-electron chi connectivity index (χ3n) is 12.9. The fraction of sp³-hybridized carbons (Fsp3) is 0.667. The summed E-state index contributed by atoms with van der Waals surface area (Å²) in [6.07, 6.45) is 1.44. The molecule has 2 bridgehead atoms. The smallest absolute Gasteiger partial charge is 0.251 e. The van der Waals surface area contributed by atoms with Crippen LogP contribution in [0, 0.1) is 35.0 Å². The number of aliphatic hydroxyl groups is 2. The number of rotatable bonds is 15. The molecule has 53 heavy (non-hydrogen) atoms. The van der Waals surface area contributed by atoms with Gasteiger partial charge < -0.3 is 35.4 Å². The van der Waals surface area contributed by atoms with Gasteiger partial charge in [0.1, 0.15) is 17.9 Å². The van der Waals surface area contributed by atoms with Crippen molar-refractivity contribution in [3.63, 3.8) is 0 Å². The second-order valence-electron chi connectivity index (χ2n) is 17.1. The zero-order valence-electron chi connectivity index (χ0n) is 33.8. The number of nitrogens with one attached hydrogen (secondary N) is 2. The number of ether oxygens (including phenoxy) is 1. The van der Waals surface area contributed by atoms with Crippen LogP contribution in [0.4, 0.5) is 5.69 Å². The molecule has 4 fully saturated rings. The van der Waals surface area contributed by atoms with Crippen LogP contribution >= 0.6 is 0 Å². The van der Waals surface area contributed by atoms with Gasteiger partial charge in [0, 0.05) is 61.0 Å². The molecule has 0 spiro atoms. The van der Waals surface area contributed by atoms with Crippen LogP contribution in [0.2, 0.25) is 0 Å². The largest absolute Gasteiger partial charge is 0.496 e. The molecule has 0 radical (unpaired) electrons. The number of likely N-dealkylation sites (N-methyl/N-ethyl adjacent to an activating group) is 1. The first-order valence-electron chi connectivity index (χ1n) is 19.5. The van der Waals surface area contributed by atoms with Gasteiger partial charge in [0.05, 0.1) is 26.4 Å². The van der Waals surface area contributed by atoms with E-state index in [1.54, 1.807) is 19.1 Å². The molecule has 1 aliphatic heterocycles. The maximum Gasteiger partial charge on any atom is 0.251 e. The van der Waals surface area contributed by atoms with Crippen LogP contribution in [-0.4, -0.2) is 111 Å². The standard InChI is InChI=1S/C42H65N5O6/c1-12-24(2)35(22-45(7)8)44-40(50)29-16-28(17-31(18-29)46(9)10)32-15-13-14-27(39(32)52-11)21-47-38(37(26(4)49)36(23-48)53-47)41(51)43-34-20-30-19-33(25(34)3)42(30,5)6/h13-18,24-26,30,33-38,48-49H,12,19-23H2,1-11H3,(H,43,51)(H,44,50)/t24-,25-,26-,30+,33-,34-,35?,36-,37+,38-/m0/s1. The second-order valence-corrected chi connectivity index (χ2v) is 17.1. The number of anilines is 1. The van der Waals surface area contributed by atoms with Gasteiger partial charge in [-0.25, -0.2) is 0 Å². The molecule has 1 heterocycles. The maximum atomic E-state index is 14.3. The minimum Gasteiger partial charge on any atom is -0.496 e. The number of amides is 2. The average Bonchev–Trinajstić information content (AvgIpc) is 3.49. The van der Waals surface area contributed by atoms with E-state index in [0.717, 1.165) is 41.8 Å². The predicted molar refractivity (Wildman–Crippen MR) is 210 cm³/mol. The van der Waals surface area contributed by atoms with E-state index < -0.39 is 24.2 Å². The molecule has 4 aliphatic rings. The van der Waals surface area contributed by atoms with Gasteiger partial charge in [-0.2, -0.15) is 5.06 Å². The van der Waals surface area contributed by atoms with E-state index in [1.165, 1.54) is 6.42 Å². The zero-order valence-corrected chi connectivity index (χ0v) is 33.8. The van der Waals surface area contributed by atoms with Crippen molar-refractivity contribution in [2.45, 2.75) is 97.7 Å². The monoisotopic (exact) mass is 735 g/mol. The molecule has 6 rings (SSSR count). The number of nitrogens with zero attached hydrogens (tertiary/aromatic N) is 3. The van der Waals surface area contributed by atoms with Crippen LogP contribution in [0.3, 0.4) is 0 Å². The molecule has 3 aliphatic carbocycles. The molecule has 1 unspecified atom stereocenters. The van der Waals surface area contributed by atoms with Gasteiger partial charge in [0.2, 0.25) is 5.91 Å². The number of fused-ring (bicyclic) bond motifs is 2. The fourth-order valence-corrected chi connectivity index (χ4v) is 9.28. The number of hydrogen-bond donors (Lipinski definition) is 4. The lowest BCUT2D eigenvalue weighted by atomic mass is 9.45. The Bertz CT molecular complexity index is 1600. The summed E-state index contributed by atoms with van der Waals surface area (Å²) in [6.45, 7) is 13.4. The van der Waals surface area contributed by atoms with Crippen LogP contribution in [0.25, 0.3) is 11.1 Å². The van der Waals surface area contributed by atoms with Crippen LogP contribution in [0.15, 0.2) is 36.4 Å². The molecule has 11 nitrogen and oxygen atoms in total. The van der Waals surface area contributed by atoms with Crippen molar-refractivity contribution in [1.29, 1.82) is 0 Å². The highest BCUT2D eigenvalue weighted by Crippen LogP contribution is 2.61. The Morgan fingerprint density at radius 2 is 1.83 bits per heavy atom. The van der Waals surface area contributed by atoms with Gasteiger partial charge in [-0.05, 0) is 86.7 Å². The van der Waals surface area contributed by atoms with Gasteiger partial charge in [-0.1, -0.05) is 59.2 Å². The van der Waals surface area contributed by atoms with Crippen molar-refractivity contribution in [1.82, 2.24) is 20.6 Å². The molecule has 4 N–H and O–H groups in total. The first kappa shape index (κ1) is 41.0. The van der Waals surface area contributed by atoms with Crippen LogP contribution in [0.1, 0.15) is 76.7 Å². The van der Waals surface area contributed by atoms with E-state index in [0.29, 0.717) is 35.0 Å². The number of carbonyl (C=O) groups is 2. The fourth-order valence-electron chi connectivity index (χ4n) is 9.28. The summed E-state index contributed by atoms with van der Waals surface area (Å²) in [6, 6.07) is 10.9. The lowest BCUT2D eigenvalue weighted by Gasteiger charge is -2.62. The molecular formula is C42H65N5O6. The maximum absolute atomic E-state index is 14.3. The van der Waals surface area contributed by atoms with Crippen molar-refractivity contribution in [3.8, 4) is 16.9 Å². The number of benzene rings is 2. The van der Waals surface area contributed by atoms with E-state index in [1.807, 2.05) is 69.5 Å². The average molecular weight is 736 g/mol. The Balaban J connectivity index is 1.45. The highest BCUT2D eigenvalue weighted by molar-refractivity contribution is 5.97. The van der Waals surface area contributed by atoms with Gasteiger partial charge in [0.15, 0.2) is 0 Å². The molecule has 2 aromatic rings. The Kier molecular flexibility index (Phi) is 12.9. The summed E-state index contributed by atoms with van der Waals surface area (Å²) < 4.78 is 6.09. The van der Waals surface area contributed by atoms with E-state index in [9.17, 15) is 19.8 Å². The van der Waals surface area contributed by atoms with E-state index in [-0.39, 0.29) is 42.5 Å². The van der Waals surface area contributed by atoms with Gasteiger partial charge in [-0.15, -0.1) is 0 Å². The summed E-state index contributed by atoms with van der Waals surface area (Å²) in [5.41, 5.74) is 4.08. The third-order valence-corrected chi connectivity index (χ3v) is 12.9. The predicted octanol–water partition coefficient (Wildman–Crippen LogP) is 4.79. The van der Waals surface area contributed by atoms with Crippen molar-refractivity contribution in [2.24, 2.45) is 35.0 Å². The molecule has 2 amide bonds. The topological polar surface area (TPSA) is 127 Å². The lowest BCUT2D eigenvalue weighted by molar-refractivity contribution is -0.183. The number of aliphatic hydroxyl groups excluding tert-OH is 2. The van der Waals surface area contributed by atoms with Gasteiger partial charge >= 0.3 is 0 Å². The second kappa shape index (κ2) is 16.7. The normalized spacial score (nSPS) is 28.2. The summed E-state index contributed by atoms with van der Waals surface area (Å²) in [7, 11) is 9.55. The molecule has 3 saturated carbocycles. The minimum atomic E-state index is -0.895. The van der Waals surface area contributed by atoms with Crippen LogP contribution in [-0.2, 0) is 16.2 Å². The van der Waals surface area contributed by atoms with E-state index >= 15 is 0 Å². The molecular weight excluding hydrogens is 670 g/mol. The highest BCUT2D eigenvalue weighted by Gasteiger charge is 2.57. The minimum absolute atomic E-state index is 0.00972. The first-order valence-corrected chi connectivity index (χ1v) is 19.5. The zero-order chi connectivity index (χ0) is 38.9. The molecule has 294 valence electrons. The Morgan fingerprint density at radius 3 is 2.40 bits per heavy atom. The summed E-state index contributed by atoms with van der Waals surface area (Å²) >= 11 is 0. The van der Waals surface area contributed by atoms with E-state index in [4.69, 9.17) is 9.57 Å². The lowest BCUT2D eigenvalue weighted by Crippen LogP contribution is -2.62. The SMILES string of the molecule is CC[C@H](C)C(CN(C)C)NC(=O)c1cc(-c2cccc(CN3O[C@@H](CO)[C@@H]([C@H](C)O)[C@H]3C(=O)N[C@H]3C[C@H]4C[C@@H]([C@@H]3C)C4(C)C)c2OC)cc(N(C)C)c1. The van der Waals surface area contributed by atoms with Crippen LogP contribution < -0.4 is 20.3 Å². The summed E-state index contributed by atoms with van der Waals surface area (Å²) in [5.74, 6) is 1.40. The number of hydroxylamine groups is 2. The number of methoxy groups -OCH3 is 1. The van der Waals surface area contributed by atoms with Crippen LogP contribution in [0.5, 0.6) is 5.75 Å². The quantitative estimate of drug-likeness (QED) is 0.204. The van der Waals surface area contributed by atoms with Crippen molar-refractivity contribution in [3.05, 3.63) is 47.5 Å². The van der Waals surface area contributed by atoms with Crippen molar-refractivity contribution >= 4 is 17.5 Å². The Hall–Kier alpha value is -3.22. The number of carbonyl (C=O) groups excluding carboxylic acids is 2. The molecule has 1 saturated heterocycles. The van der Waals surface area contributed by atoms with Gasteiger partial charge in [-0.3, -0.25) is 14.4 Å².